The fourth-order valence-corrected chi connectivity index (χ4v) is 3.46. The van der Waals surface area contributed by atoms with E-state index in [9.17, 15) is 14.4 Å². The number of rotatable bonds is 6. The smallest absolute Gasteiger partial charge is 0.332 e. The number of carbonyl (C=O) groups excluding carboxylic acids is 3. The SMILES string of the molecule is CCCCOC(=O)/C=C/c1ccc2c(c1)C(C)N(C(=O)N(C)c1ccc(C)cc1)C(=O)N2. The van der Waals surface area contributed by atoms with Gasteiger partial charge >= 0.3 is 18.0 Å². The molecule has 0 saturated heterocycles. The van der Waals surface area contributed by atoms with Crippen LogP contribution in [-0.4, -0.2) is 36.6 Å². The van der Waals surface area contributed by atoms with Crippen molar-refractivity contribution in [2.45, 2.75) is 39.7 Å². The Morgan fingerprint density at radius 3 is 2.59 bits per heavy atom. The van der Waals surface area contributed by atoms with Crippen molar-refractivity contribution in [3.8, 4) is 0 Å². The van der Waals surface area contributed by atoms with Gasteiger partial charge in [0.2, 0.25) is 0 Å². The van der Waals surface area contributed by atoms with Crippen molar-refractivity contribution in [1.29, 1.82) is 0 Å². The number of esters is 1. The summed E-state index contributed by atoms with van der Waals surface area (Å²) in [4.78, 5) is 40.4. The summed E-state index contributed by atoms with van der Waals surface area (Å²) in [6, 6.07) is 11.6. The second kappa shape index (κ2) is 10.1. The summed E-state index contributed by atoms with van der Waals surface area (Å²) < 4.78 is 5.14. The van der Waals surface area contributed by atoms with Gasteiger partial charge in [0.25, 0.3) is 0 Å². The Hall–Kier alpha value is -3.61. The van der Waals surface area contributed by atoms with Gasteiger partial charge in [-0.25, -0.2) is 19.3 Å². The lowest BCUT2D eigenvalue weighted by atomic mass is 9.99. The first-order valence-corrected chi connectivity index (χ1v) is 10.7. The largest absolute Gasteiger partial charge is 0.463 e. The van der Waals surface area contributed by atoms with Crippen LogP contribution in [0.4, 0.5) is 21.0 Å². The minimum absolute atomic E-state index is 0.394. The molecule has 1 unspecified atom stereocenters. The fourth-order valence-electron chi connectivity index (χ4n) is 3.46. The molecule has 0 bridgehead atoms. The Bertz CT molecular complexity index is 1030. The van der Waals surface area contributed by atoms with E-state index in [1.54, 1.807) is 25.3 Å². The maximum atomic E-state index is 13.2. The average molecular weight is 436 g/mol. The molecule has 0 saturated carbocycles. The Morgan fingerprint density at radius 2 is 1.91 bits per heavy atom. The topological polar surface area (TPSA) is 79.0 Å². The minimum atomic E-state index is -0.482. The zero-order valence-corrected chi connectivity index (χ0v) is 18.9. The van der Waals surface area contributed by atoms with Crippen molar-refractivity contribution in [3.63, 3.8) is 0 Å². The zero-order valence-electron chi connectivity index (χ0n) is 18.9. The maximum Gasteiger partial charge on any atom is 0.332 e. The molecule has 0 aromatic heterocycles. The molecule has 0 aliphatic carbocycles. The predicted octanol–water partition coefficient (Wildman–Crippen LogP) is 5.52. The number of carbonyl (C=O) groups is 3. The van der Waals surface area contributed by atoms with Crippen molar-refractivity contribution in [3.05, 3.63) is 65.2 Å². The third-order valence-electron chi connectivity index (χ3n) is 5.44. The Labute approximate surface area is 188 Å². The molecule has 0 spiro atoms. The molecule has 3 rings (SSSR count). The highest BCUT2D eigenvalue weighted by molar-refractivity contribution is 6.08. The number of amides is 4. The number of anilines is 2. The summed E-state index contributed by atoms with van der Waals surface area (Å²) in [6.07, 6.45) is 4.84. The lowest BCUT2D eigenvalue weighted by Gasteiger charge is -2.36. The molecule has 7 nitrogen and oxygen atoms in total. The molecule has 1 atom stereocenters. The molecule has 168 valence electrons. The van der Waals surface area contributed by atoms with Crippen molar-refractivity contribution < 1.29 is 19.1 Å². The van der Waals surface area contributed by atoms with Gasteiger partial charge in [-0.3, -0.25) is 4.90 Å². The first-order valence-electron chi connectivity index (χ1n) is 10.7. The molecule has 0 fully saturated rings. The highest BCUT2D eigenvalue weighted by Gasteiger charge is 2.36. The van der Waals surface area contributed by atoms with E-state index in [0.29, 0.717) is 18.0 Å². The number of imide groups is 1. The van der Waals surface area contributed by atoms with Crippen LogP contribution >= 0.6 is 0 Å². The normalized spacial score (nSPS) is 15.3. The molecule has 4 amide bonds. The molecule has 1 aliphatic rings. The van der Waals surface area contributed by atoms with Crippen molar-refractivity contribution in [2.75, 3.05) is 23.9 Å². The van der Waals surface area contributed by atoms with Crippen LogP contribution in [-0.2, 0) is 9.53 Å². The lowest BCUT2D eigenvalue weighted by Crippen LogP contribution is -2.50. The van der Waals surface area contributed by atoms with E-state index in [4.69, 9.17) is 4.74 Å². The molecular formula is C25H29N3O4. The van der Waals surface area contributed by atoms with Crippen LogP contribution < -0.4 is 10.2 Å². The van der Waals surface area contributed by atoms with Crippen LogP contribution in [0, 0.1) is 6.92 Å². The van der Waals surface area contributed by atoms with Gasteiger partial charge in [0.1, 0.15) is 0 Å². The number of urea groups is 2. The Morgan fingerprint density at radius 1 is 1.19 bits per heavy atom. The van der Waals surface area contributed by atoms with E-state index in [0.717, 1.165) is 29.5 Å². The minimum Gasteiger partial charge on any atom is -0.463 e. The fraction of sp³-hybridized carbons (Fsp3) is 0.320. The van der Waals surface area contributed by atoms with Gasteiger partial charge in [-0.05, 0) is 61.7 Å². The number of hydrogen-bond donors (Lipinski definition) is 1. The number of nitrogens with one attached hydrogen (secondary N) is 1. The van der Waals surface area contributed by atoms with E-state index >= 15 is 0 Å². The number of fused-ring (bicyclic) bond motifs is 1. The maximum absolute atomic E-state index is 13.2. The number of aryl methyl sites for hydroxylation is 1. The molecule has 1 N–H and O–H groups in total. The van der Waals surface area contributed by atoms with Crippen LogP contribution in [0.5, 0.6) is 0 Å². The first-order chi connectivity index (χ1) is 15.3. The Kier molecular flexibility index (Phi) is 7.30. The van der Waals surface area contributed by atoms with Crippen LogP contribution in [0.1, 0.15) is 49.4 Å². The second-order valence-corrected chi connectivity index (χ2v) is 7.85. The zero-order chi connectivity index (χ0) is 23.3. The highest BCUT2D eigenvalue weighted by Crippen LogP contribution is 2.34. The summed E-state index contributed by atoms with van der Waals surface area (Å²) in [5, 5.41) is 2.79. The molecule has 1 heterocycles. The van der Waals surface area contributed by atoms with Gasteiger partial charge in [-0.15, -0.1) is 0 Å². The molecule has 1 aliphatic heterocycles. The van der Waals surface area contributed by atoms with Crippen LogP contribution in [0.2, 0.25) is 0 Å². The van der Waals surface area contributed by atoms with Gasteiger partial charge < -0.3 is 10.1 Å². The summed E-state index contributed by atoms with van der Waals surface area (Å²) in [5.41, 5.74) is 3.99. The molecule has 32 heavy (non-hydrogen) atoms. The molecule has 0 radical (unpaired) electrons. The number of nitrogens with zero attached hydrogens (tertiary/aromatic N) is 2. The van der Waals surface area contributed by atoms with E-state index in [2.05, 4.69) is 5.32 Å². The van der Waals surface area contributed by atoms with E-state index in [1.165, 1.54) is 15.9 Å². The van der Waals surface area contributed by atoms with Gasteiger partial charge in [-0.1, -0.05) is 37.1 Å². The molecule has 2 aromatic rings. The van der Waals surface area contributed by atoms with E-state index in [1.807, 2.05) is 51.1 Å². The van der Waals surface area contributed by atoms with Crippen LogP contribution in [0.25, 0.3) is 6.08 Å². The molecule has 7 heteroatoms. The van der Waals surface area contributed by atoms with Gasteiger partial charge in [0.05, 0.1) is 12.6 Å². The second-order valence-electron chi connectivity index (χ2n) is 7.85. The summed E-state index contributed by atoms with van der Waals surface area (Å²) >= 11 is 0. The summed E-state index contributed by atoms with van der Waals surface area (Å²) in [7, 11) is 1.64. The quantitative estimate of drug-likeness (QED) is 0.368. The summed E-state index contributed by atoms with van der Waals surface area (Å²) in [5.74, 6) is -0.394. The molecular weight excluding hydrogens is 406 g/mol. The van der Waals surface area contributed by atoms with Gasteiger partial charge in [0, 0.05) is 24.5 Å². The number of benzene rings is 2. The average Bonchev–Trinajstić information content (AvgIpc) is 2.78. The lowest BCUT2D eigenvalue weighted by molar-refractivity contribution is -0.137. The number of unbranched alkanes of at least 4 members (excludes halogenated alkanes) is 1. The van der Waals surface area contributed by atoms with Crippen molar-refractivity contribution in [2.24, 2.45) is 0 Å². The Balaban J connectivity index is 1.78. The number of hydrogen-bond acceptors (Lipinski definition) is 4. The van der Waals surface area contributed by atoms with Gasteiger partial charge in [0.15, 0.2) is 0 Å². The highest BCUT2D eigenvalue weighted by atomic mass is 16.5. The third kappa shape index (κ3) is 5.17. The predicted molar refractivity (Wildman–Crippen MR) is 126 cm³/mol. The van der Waals surface area contributed by atoms with E-state index in [-0.39, 0.29) is 0 Å². The third-order valence-corrected chi connectivity index (χ3v) is 5.44. The summed E-state index contributed by atoms with van der Waals surface area (Å²) in [6.45, 7) is 6.21. The van der Waals surface area contributed by atoms with Crippen LogP contribution in [0.3, 0.4) is 0 Å². The van der Waals surface area contributed by atoms with Crippen LogP contribution in [0.15, 0.2) is 48.5 Å². The number of ether oxygens (including phenoxy) is 1. The monoisotopic (exact) mass is 435 g/mol. The molecule has 2 aromatic carbocycles. The van der Waals surface area contributed by atoms with Gasteiger partial charge in [-0.2, -0.15) is 0 Å². The van der Waals surface area contributed by atoms with Crippen molar-refractivity contribution >= 4 is 35.5 Å². The first kappa shape index (κ1) is 23.1. The van der Waals surface area contributed by atoms with E-state index < -0.39 is 24.1 Å². The van der Waals surface area contributed by atoms with Crippen molar-refractivity contribution in [1.82, 2.24) is 4.90 Å². The standard InChI is InChI=1S/C25H29N3O4/c1-5-6-15-32-23(29)14-10-19-9-13-22-21(16-19)18(3)28(24(30)26-22)25(31)27(4)20-11-7-17(2)8-12-20/h7-14,16,18H,5-6,15H2,1-4H3,(H,26,30)/b14-10+.